The lowest BCUT2D eigenvalue weighted by atomic mass is 10.1. The lowest BCUT2D eigenvalue weighted by Gasteiger charge is -2.39. The second-order valence-corrected chi connectivity index (χ2v) is 10.1. The van der Waals surface area contributed by atoms with Crippen LogP contribution >= 0.6 is 36.2 Å². The number of hydrazine groups is 1. The third-order valence-corrected chi connectivity index (χ3v) is 7.22. The Hall–Kier alpha value is -3.03. The highest BCUT2D eigenvalue weighted by atomic mass is 32.2. The molecule has 3 N–H and O–H groups in total. The van der Waals surface area contributed by atoms with Gasteiger partial charge in [-0.3, -0.25) is 5.01 Å². The summed E-state index contributed by atoms with van der Waals surface area (Å²) in [4.78, 5) is 5.99. The van der Waals surface area contributed by atoms with Gasteiger partial charge >= 0.3 is 6.36 Å². The van der Waals surface area contributed by atoms with E-state index in [0.717, 1.165) is 28.5 Å². The summed E-state index contributed by atoms with van der Waals surface area (Å²) in [5, 5.41) is 14.3. The normalized spacial score (nSPS) is 14.1. The first-order chi connectivity index (χ1) is 18.2. The molecule has 0 aliphatic carbocycles. The van der Waals surface area contributed by atoms with E-state index in [9.17, 15) is 13.2 Å². The second kappa shape index (κ2) is 12.2. The Morgan fingerprint density at radius 1 is 1.16 bits per heavy atom. The van der Waals surface area contributed by atoms with Gasteiger partial charge in [-0.1, -0.05) is 19.1 Å². The van der Waals surface area contributed by atoms with Crippen LogP contribution in [0, 0.1) is 0 Å². The van der Waals surface area contributed by atoms with Crippen LogP contribution in [0.15, 0.2) is 58.0 Å². The minimum absolute atomic E-state index is 0.280. The van der Waals surface area contributed by atoms with Crippen molar-refractivity contribution in [2.75, 3.05) is 30.7 Å². The first kappa shape index (κ1) is 28.0. The Morgan fingerprint density at radius 2 is 1.95 bits per heavy atom. The van der Waals surface area contributed by atoms with Crippen molar-refractivity contribution >= 4 is 69.7 Å². The number of rotatable bonds is 5. The number of hydrogen-bond acceptors (Lipinski definition) is 6. The molecule has 0 saturated carbocycles. The van der Waals surface area contributed by atoms with E-state index in [1.54, 1.807) is 17.8 Å². The largest absolute Gasteiger partial charge is 0.573 e. The van der Waals surface area contributed by atoms with Crippen molar-refractivity contribution in [3.05, 3.63) is 53.7 Å². The number of nitrogens with one attached hydrogen (secondary N) is 3. The molecule has 2 aliphatic rings. The van der Waals surface area contributed by atoms with Gasteiger partial charge in [-0.15, -0.1) is 24.9 Å². The smallest absolute Gasteiger partial charge is 0.406 e. The molecular formula is C25H27F3N6OS3. The molecular weight excluding hydrogens is 554 g/mol. The third kappa shape index (κ3) is 6.88. The lowest BCUT2D eigenvalue weighted by Crippen LogP contribution is -2.59. The van der Waals surface area contributed by atoms with E-state index in [1.165, 1.54) is 12.1 Å². The van der Waals surface area contributed by atoms with Gasteiger partial charge in [-0.05, 0) is 73.7 Å². The lowest BCUT2D eigenvalue weighted by molar-refractivity contribution is -0.274. The standard InChI is InChI=1S/C25H27F3N6OS3/c1-3-11-29-23(36)34(22-15-38-21-8-6-5-7-19(21)32-22)33(4-2)24(37)31-17-12-16-9-10-18(35-25(26,27)28)13-20(16)30-14-17/h5-10,12-13,30H,3-4,11,14-15H2,1-2H3,(H,29,36)(H,31,37). The van der Waals surface area contributed by atoms with Crippen molar-refractivity contribution in [3.8, 4) is 5.75 Å². The topological polar surface area (TPSA) is 64.2 Å². The SMILES string of the molecule is CCCNC(=S)N(C1=Nc2ccccc2SC1)N(CC)C(=S)NC1=Cc2ccc(OC(F)(F)F)cc2NC1. The Morgan fingerprint density at radius 3 is 2.68 bits per heavy atom. The zero-order valence-electron chi connectivity index (χ0n) is 20.8. The van der Waals surface area contributed by atoms with Gasteiger partial charge < -0.3 is 20.7 Å². The third-order valence-electron chi connectivity index (χ3n) is 5.53. The van der Waals surface area contributed by atoms with Crippen LogP contribution in [0.5, 0.6) is 5.75 Å². The van der Waals surface area contributed by atoms with Crippen LogP contribution < -0.4 is 20.7 Å². The van der Waals surface area contributed by atoms with E-state index in [0.29, 0.717) is 46.9 Å². The van der Waals surface area contributed by atoms with Gasteiger partial charge in [0.2, 0.25) is 0 Å². The number of anilines is 1. The van der Waals surface area contributed by atoms with Crippen molar-refractivity contribution in [2.45, 2.75) is 31.5 Å². The highest BCUT2D eigenvalue weighted by molar-refractivity contribution is 8.00. The zero-order chi connectivity index (χ0) is 27.3. The van der Waals surface area contributed by atoms with E-state index in [2.05, 4.69) is 27.6 Å². The minimum Gasteiger partial charge on any atom is -0.406 e. The first-order valence-electron chi connectivity index (χ1n) is 12.0. The van der Waals surface area contributed by atoms with Crippen molar-refractivity contribution < 1.29 is 17.9 Å². The molecule has 7 nitrogen and oxygen atoms in total. The number of alkyl halides is 3. The number of benzene rings is 2. The molecule has 2 aromatic rings. The number of para-hydroxylation sites is 1. The Bertz CT molecular complexity index is 1270. The molecule has 0 fully saturated rings. The van der Waals surface area contributed by atoms with Crippen LogP contribution in [0.1, 0.15) is 25.8 Å². The van der Waals surface area contributed by atoms with E-state index in [1.807, 2.05) is 47.3 Å². The monoisotopic (exact) mass is 580 g/mol. The molecule has 38 heavy (non-hydrogen) atoms. The fourth-order valence-electron chi connectivity index (χ4n) is 3.87. The van der Waals surface area contributed by atoms with Crippen molar-refractivity contribution in [1.82, 2.24) is 20.7 Å². The van der Waals surface area contributed by atoms with Crippen LogP contribution in [0.3, 0.4) is 0 Å². The number of halogens is 3. The quantitative estimate of drug-likeness (QED) is 0.297. The molecule has 202 valence electrons. The van der Waals surface area contributed by atoms with E-state index >= 15 is 0 Å². The predicted molar refractivity (Wildman–Crippen MR) is 155 cm³/mol. The molecule has 0 bridgehead atoms. The fraction of sp³-hybridized carbons (Fsp3) is 0.320. The summed E-state index contributed by atoms with van der Waals surface area (Å²) in [5.41, 5.74) is 2.87. The van der Waals surface area contributed by atoms with Gasteiger partial charge in [0.05, 0.1) is 18.0 Å². The average molecular weight is 581 g/mol. The summed E-state index contributed by atoms with van der Waals surface area (Å²) < 4.78 is 41.7. The van der Waals surface area contributed by atoms with Crippen LogP contribution in [0.2, 0.25) is 0 Å². The van der Waals surface area contributed by atoms with Gasteiger partial charge in [-0.2, -0.15) is 0 Å². The molecule has 0 aromatic heterocycles. The first-order valence-corrected chi connectivity index (χ1v) is 13.8. The molecule has 0 atom stereocenters. The molecule has 13 heteroatoms. The highest BCUT2D eigenvalue weighted by Gasteiger charge is 2.32. The Labute approximate surface area is 234 Å². The zero-order valence-corrected chi connectivity index (χ0v) is 23.2. The Balaban J connectivity index is 1.55. The molecule has 2 aliphatic heterocycles. The number of aliphatic imine (C=N–C) groups is 1. The number of ether oxygens (including phenoxy) is 1. The van der Waals surface area contributed by atoms with Gasteiger partial charge in [0.15, 0.2) is 10.2 Å². The maximum Gasteiger partial charge on any atom is 0.573 e. The maximum absolute atomic E-state index is 12.6. The van der Waals surface area contributed by atoms with Crippen molar-refractivity contribution in [3.63, 3.8) is 0 Å². The average Bonchev–Trinajstić information content (AvgIpc) is 2.89. The second-order valence-electron chi connectivity index (χ2n) is 8.29. The minimum atomic E-state index is -4.75. The molecule has 0 radical (unpaired) electrons. The number of hydrogen-bond donors (Lipinski definition) is 3. The van der Waals surface area contributed by atoms with Crippen molar-refractivity contribution in [1.29, 1.82) is 0 Å². The van der Waals surface area contributed by atoms with Crippen LogP contribution in [0.25, 0.3) is 6.08 Å². The molecule has 0 spiro atoms. The van der Waals surface area contributed by atoms with Gasteiger partial charge in [0, 0.05) is 35.4 Å². The van der Waals surface area contributed by atoms with E-state index in [4.69, 9.17) is 29.4 Å². The van der Waals surface area contributed by atoms with Crippen molar-refractivity contribution in [2.24, 2.45) is 4.99 Å². The summed E-state index contributed by atoms with van der Waals surface area (Å²) >= 11 is 13.3. The highest BCUT2D eigenvalue weighted by Crippen LogP contribution is 2.34. The molecule has 4 rings (SSSR count). The van der Waals surface area contributed by atoms with E-state index < -0.39 is 6.36 Å². The van der Waals surface area contributed by atoms with E-state index in [-0.39, 0.29) is 5.75 Å². The summed E-state index contributed by atoms with van der Waals surface area (Å²) in [5.74, 6) is 1.09. The van der Waals surface area contributed by atoms with Gasteiger partial charge in [-0.25, -0.2) is 10.0 Å². The number of fused-ring (bicyclic) bond motifs is 2. The summed E-state index contributed by atoms with van der Waals surface area (Å²) in [7, 11) is 0. The number of nitrogens with zero attached hydrogens (tertiary/aromatic N) is 3. The van der Waals surface area contributed by atoms with Crippen LogP contribution in [-0.2, 0) is 0 Å². The molecule has 2 aromatic carbocycles. The van der Waals surface area contributed by atoms with Crippen LogP contribution in [0.4, 0.5) is 24.5 Å². The van der Waals surface area contributed by atoms with Crippen LogP contribution in [-0.4, -0.2) is 57.8 Å². The Kier molecular flexibility index (Phi) is 9.00. The van der Waals surface area contributed by atoms with Gasteiger partial charge in [0.25, 0.3) is 0 Å². The van der Waals surface area contributed by atoms with Gasteiger partial charge in [0.1, 0.15) is 11.6 Å². The number of amidine groups is 1. The number of thiocarbonyl (C=S) groups is 2. The summed E-state index contributed by atoms with van der Waals surface area (Å²) in [6.07, 6.45) is -2.00. The molecule has 0 saturated heterocycles. The molecule has 0 amide bonds. The molecule has 0 unspecified atom stereocenters. The predicted octanol–water partition coefficient (Wildman–Crippen LogP) is 5.89. The number of thioether (sulfide) groups is 1. The maximum atomic E-state index is 12.6. The fourth-order valence-corrected chi connectivity index (χ4v) is 5.42. The summed E-state index contributed by atoms with van der Waals surface area (Å²) in [6.45, 7) is 5.59. The summed E-state index contributed by atoms with van der Waals surface area (Å²) in [6, 6.07) is 12.1. The molecule has 2 heterocycles.